The Labute approximate surface area is 352 Å². The Morgan fingerprint density at radius 3 is 1.38 bits per heavy atom. The summed E-state index contributed by atoms with van der Waals surface area (Å²) in [4.78, 5) is 78.2. The van der Waals surface area contributed by atoms with E-state index < -0.39 is 77.2 Å². The van der Waals surface area contributed by atoms with E-state index in [9.17, 15) is 33.9 Å². The molecule has 15 heteroatoms. The van der Waals surface area contributed by atoms with E-state index in [2.05, 4.69) is 26.6 Å². The van der Waals surface area contributed by atoms with Gasteiger partial charge in [-0.05, 0) is 96.8 Å². The SMILES string of the molecule is CC(C)(C)OC(=O)NCCCC[C@@H](N)C(=O)N[C@H](CC(=O)NC(c1ccccc1)(c1ccccc1)c1ccccc1)C(=O)N[C@H](CCCCNC(=O)OC(C)(C)C)C(=O)O. The summed E-state index contributed by atoms with van der Waals surface area (Å²) in [5.74, 6) is -3.54. The molecule has 60 heavy (non-hydrogen) atoms. The minimum absolute atomic E-state index is 0.0000872. The van der Waals surface area contributed by atoms with Crippen molar-refractivity contribution in [2.75, 3.05) is 13.1 Å². The normalized spacial score (nSPS) is 13.1. The fraction of sp³-hybridized carbons (Fsp3) is 0.467. The van der Waals surface area contributed by atoms with Crippen LogP contribution in [0.15, 0.2) is 91.0 Å². The zero-order chi connectivity index (χ0) is 44.3. The number of benzene rings is 3. The van der Waals surface area contributed by atoms with Crippen LogP contribution in [-0.2, 0) is 34.2 Å². The van der Waals surface area contributed by atoms with Crippen LogP contribution < -0.4 is 32.3 Å². The predicted octanol–water partition coefficient (Wildman–Crippen LogP) is 5.26. The molecule has 0 aliphatic rings. The van der Waals surface area contributed by atoms with Crippen molar-refractivity contribution in [1.82, 2.24) is 26.6 Å². The lowest BCUT2D eigenvalue weighted by molar-refractivity contribution is -0.142. The molecule has 0 aliphatic carbocycles. The topological polar surface area (TPSA) is 227 Å². The van der Waals surface area contributed by atoms with Gasteiger partial charge in [0.25, 0.3) is 0 Å². The molecule has 8 N–H and O–H groups in total. The van der Waals surface area contributed by atoms with Crippen LogP contribution in [0.4, 0.5) is 9.59 Å². The second-order valence-corrected chi connectivity index (χ2v) is 16.5. The van der Waals surface area contributed by atoms with Gasteiger partial charge in [0.05, 0.1) is 12.5 Å². The molecule has 3 rings (SSSR count). The standard InChI is InChI=1S/C45H62N6O9/c1-43(2,3)59-41(57)47-28-18-16-26-34(46)38(53)50-36(39(54)49-35(40(55)56)27-17-19-29-48-42(58)60-44(4,5)6)30-37(52)51-45(31-20-10-7-11-21-31,32-22-12-8-13-23-32)33-24-14-9-15-25-33/h7-15,20-25,34-36H,16-19,26-30,46H2,1-6H3,(H,47,57)(H,48,58)(H,49,54)(H,50,53)(H,51,52)(H,55,56)/t34-,35-,36-/m1/s1. The molecule has 0 radical (unpaired) electrons. The minimum atomic E-state index is -1.52. The van der Waals surface area contributed by atoms with Crippen LogP contribution in [-0.4, -0.2) is 83.4 Å². The summed E-state index contributed by atoms with van der Waals surface area (Å²) in [6, 6.07) is 24.0. The van der Waals surface area contributed by atoms with E-state index in [-0.39, 0.29) is 25.9 Å². The van der Waals surface area contributed by atoms with Gasteiger partial charge >= 0.3 is 18.2 Å². The fourth-order valence-corrected chi connectivity index (χ4v) is 6.35. The van der Waals surface area contributed by atoms with Crippen LogP contribution >= 0.6 is 0 Å². The number of nitrogens with one attached hydrogen (secondary N) is 5. The number of hydrogen-bond donors (Lipinski definition) is 7. The molecule has 15 nitrogen and oxygen atoms in total. The Balaban J connectivity index is 1.82. The minimum Gasteiger partial charge on any atom is -0.480 e. The van der Waals surface area contributed by atoms with Crippen molar-refractivity contribution in [3.63, 3.8) is 0 Å². The lowest BCUT2D eigenvalue weighted by Crippen LogP contribution is -2.57. The van der Waals surface area contributed by atoms with E-state index in [1.165, 1.54) is 0 Å². The average Bonchev–Trinajstić information content (AvgIpc) is 3.18. The summed E-state index contributed by atoms with van der Waals surface area (Å²) >= 11 is 0. The number of nitrogens with two attached hydrogens (primary N) is 1. The molecule has 5 amide bonds. The molecule has 0 spiro atoms. The van der Waals surface area contributed by atoms with E-state index in [0.29, 0.717) is 25.7 Å². The van der Waals surface area contributed by atoms with E-state index in [1.54, 1.807) is 41.5 Å². The van der Waals surface area contributed by atoms with Gasteiger partial charge in [-0.3, -0.25) is 14.4 Å². The molecular weight excluding hydrogens is 769 g/mol. The number of unbranched alkanes of at least 4 members (excludes halogenated alkanes) is 2. The molecule has 0 fully saturated rings. The maximum atomic E-state index is 14.4. The molecule has 0 aromatic heterocycles. The smallest absolute Gasteiger partial charge is 0.407 e. The van der Waals surface area contributed by atoms with Crippen molar-refractivity contribution in [3.8, 4) is 0 Å². The molecule has 0 aliphatic heterocycles. The third kappa shape index (κ3) is 16.4. The molecule has 0 bridgehead atoms. The highest BCUT2D eigenvalue weighted by molar-refractivity contribution is 5.95. The summed E-state index contributed by atoms with van der Waals surface area (Å²) < 4.78 is 10.5. The molecular formula is C45H62N6O9. The molecule has 3 atom stereocenters. The molecule has 326 valence electrons. The third-order valence-electron chi connectivity index (χ3n) is 9.12. The van der Waals surface area contributed by atoms with Crippen LogP contribution in [0, 0.1) is 0 Å². The lowest BCUT2D eigenvalue weighted by Gasteiger charge is -2.37. The van der Waals surface area contributed by atoms with Gasteiger partial charge in [-0.2, -0.15) is 0 Å². The first-order valence-electron chi connectivity index (χ1n) is 20.3. The van der Waals surface area contributed by atoms with Crippen molar-refractivity contribution in [2.24, 2.45) is 5.73 Å². The summed E-state index contributed by atoms with van der Waals surface area (Å²) in [6.07, 6.45) is 0.0930. The van der Waals surface area contributed by atoms with Gasteiger partial charge in [0, 0.05) is 13.1 Å². The quantitative estimate of drug-likeness (QED) is 0.0545. The Bertz CT molecular complexity index is 1750. The van der Waals surface area contributed by atoms with Crippen molar-refractivity contribution in [3.05, 3.63) is 108 Å². The van der Waals surface area contributed by atoms with Crippen LogP contribution in [0.5, 0.6) is 0 Å². The van der Waals surface area contributed by atoms with Crippen molar-refractivity contribution >= 4 is 35.9 Å². The Morgan fingerprint density at radius 1 is 0.583 bits per heavy atom. The molecule has 3 aromatic rings. The molecule has 0 saturated carbocycles. The highest BCUT2D eigenvalue weighted by Crippen LogP contribution is 2.37. The zero-order valence-electron chi connectivity index (χ0n) is 35.5. The van der Waals surface area contributed by atoms with Crippen LogP contribution in [0.25, 0.3) is 0 Å². The van der Waals surface area contributed by atoms with Gasteiger partial charge in [0.1, 0.15) is 28.8 Å². The van der Waals surface area contributed by atoms with Crippen LogP contribution in [0.1, 0.15) is 103 Å². The van der Waals surface area contributed by atoms with Gasteiger partial charge in [-0.15, -0.1) is 0 Å². The Morgan fingerprint density at radius 2 is 0.983 bits per heavy atom. The summed E-state index contributed by atoms with van der Waals surface area (Å²) in [6.45, 7) is 11.0. The van der Waals surface area contributed by atoms with Gasteiger partial charge in [0.2, 0.25) is 17.7 Å². The van der Waals surface area contributed by atoms with Crippen molar-refractivity contribution in [1.29, 1.82) is 0 Å². The first-order chi connectivity index (χ1) is 28.3. The number of hydrogen-bond acceptors (Lipinski definition) is 9. The third-order valence-corrected chi connectivity index (χ3v) is 9.12. The maximum Gasteiger partial charge on any atom is 0.407 e. The van der Waals surface area contributed by atoms with E-state index in [1.807, 2.05) is 91.0 Å². The number of carbonyl (C=O) groups excluding carboxylic acids is 5. The van der Waals surface area contributed by atoms with E-state index in [0.717, 1.165) is 16.7 Å². The van der Waals surface area contributed by atoms with Gasteiger partial charge in [-0.25, -0.2) is 14.4 Å². The number of aliphatic carboxylic acids is 1. The summed E-state index contributed by atoms with van der Waals surface area (Å²) in [7, 11) is 0. The molecule has 0 saturated heterocycles. The van der Waals surface area contributed by atoms with Crippen molar-refractivity contribution < 1.29 is 43.3 Å². The van der Waals surface area contributed by atoms with Gasteiger partial charge in [0.15, 0.2) is 0 Å². The maximum absolute atomic E-state index is 14.4. The number of rotatable bonds is 21. The molecule has 0 unspecified atom stereocenters. The van der Waals surface area contributed by atoms with Crippen LogP contribution in [0.3, 0.4) is 0 Å². The monoisotopic (exact) mass is 830 g/mol. The summed E-state index contributed by atoms with van der Waals surface area (Å²) in [5, 5.41) is 23.6. The first kappa shape index (κ1) is 48.4. The number of alkyl carbamates (subject to hydrolysis) is 2. The average molecular weight is 831 g/mol. The van der Waals surface area contributed by atoms with Crippen LogP contribution in [0.2, 0.25) is 0 Å². The molecule has 3 aromatic carbocycles. The highest BCUT2D eigenvalue weighted by atomic mass is 16.6. The number of ether oxygens (including phenoxy) is 2. The Kier molecular flexibility index (Phi) is 18.6. The highest BCUT2D eigenvalue weighted by Gasteiger charge is 2.39. The second kappa shape index (κ2) is 23.0. The summed E-state index contributed by atoms with van der Waals surface area (Å²) in [5.41, 5.74) is 5.90. The van der Waals surface area contributed by atoms with Crippen molar-refractivity contribution in [2.45, 2.75) is 121 Å². The number of carbonyl (C=O) groups is 6. The fourth-order valence-electron chi connectivity index (χ4n) is 6.35. The van der Waals surface area contributed by atoms with E-state index in [4.69, 9.17) is 15.2 Å². The lowest BCUT2D eigenvalue weighted by atomic mass is 9.77. The number of carboxylic acids is 1. The van der Waals surface area contributed by atoms with Gasteiger partial charge < -0.3 is 46.9 Å². The first-order valence-corrected chi connectivity index (χ1v) is 20.3. The number of carboxylic acid groups (broad SMARTS) is 1. The Hall–Kier alpha value is -5.96. The molecule has 0 heterocycles. The largest absolute Gasteiger partial charge is 0.480 e. The predicted molar refractivity (Wildman–Crippen MR) is 228 cm³/mol. The second-order valence-electron chi connectivity index (χ2n) is 16.5. The van der Waals surface area contributed by atoms with Gasteiger partial charge in [-0.1, -0.05) is 91.0 Å². The number of amides is 5. The van der Waals surface area contributed by atoms with E-state index >= 15 is 0 Å². The zero-order valence-corrected chi connectivity index (χ0v) is 35.5.